The minimum Gasteiger partial charge on any atom is -0.365 e. The van der Waals surface area contributed by atoms with Crippen LogP contribution in [0.5, 0.6) is 0 Å². The number of carbonyl (C=O) groups excluding carboxylic acids is 1. The van der Waals surface area contributed by atoms with E-state index in [0.29, 0.717) is 18.8 Å². The molecule has 0 aromatic heterocycles. The lowest BCUT2D eigenvalue weighted by atomic mass is 9.95. The van der Waals surface area contributed by atoms with Crippen LogP contribution in [0.2, 0.25) is 0 Å². The molecule has 1 N–H and O–H groups in total. The van der Waals surface area contributed by atoms with Crippen LogP contribution >= 0.6 is 0 Å². The van der Waals surface area contributed by atoms with E-state index in [1.807, 2.05) is 17.9 Å². The number of nitro groups is 1. The number of benzene rings is 1. The Morgan fingerprint density at radius 2 is 2.32 bits per heavy atom. The maximum absolute atomic E-state index is 12.5. The molecule has 0 radical (unpaired) electrons. The number of amides is 1. The minimum atomic E-state index is -0.469. The fourth-order valence-corrected chi connectivity index (χ4v) is 3.28. The molecule has 2 unspecified atom stereocenters. The summed E-state index contributed by atoms with van der Waals surface area (Å²) in [4.78, 5) is 25.2. The Morgan fingerprint density at radius 3 is 2.96 bits per heavy atom. The molecule has 2 atom stereocenters. The lowest BCUT2D eigenvalue weighted by Gasteiger charge is -2.34. The summed E-state index contributed by atoms with van der Waals surface area (Å²) in [6.07, 6.45) is 3.53. The van der Waals surface area contributed by atoms with Crippen LogP contribution in [-0.2, 0) is 4.79 Å². The quantitative estimate of drug-likeness (QED) is 0.632. The van der Waals surface area contributed by atoms with Crippen molar-refractivity contribution in [1.82, 2.24) is 5.32 Å². The van der Waals surface area contributed by atoms with E-state index in [1.54, 1.807) is 12.1 Å². The average molecular weight is 344 g/mol. The van der Waals surface area contributed by atoms with Gasteiger partial charge in [0.15, 0.2) is 0 Å². The Balaban J connectivity index is 2.15. The van der Waals surface area contributed by atoms with E-state index < -0.39 is 4.92 Å². The Morgan fingerprint density at radius 1 is 1.56 bits per heavy atom. The smallest absolute Gasteiger partial charge is 0.293 e. The highest BCUT2D eigenvalue weighted by Crippen LogP contribution is 2.32. The van der Waals surface area contributed by atoms with E-state index >= 15 is 0 Å². The summed E-state index contributed by atoms with van der Waals surface area (Å²) >= 11 is 0. The summed E-state index contributed by atoms with van der Waals surface area (Å²) in [7, 11) is 0. The van der Waals surface area contributed by atoms with Crippen LogP contribution in [0.4, 0.5) is 11.4 Å². The summed E-state index contributed by atoms with van der Waals surface area (Å²) in [6, 6.07) is 6.54. The maximum atomic E-state index is 12.5. The van der Waals surface area contributed by atoms with E-state index in [1.165, 1.54) is 6.07 Å². The second-order valence-electron chi connectivity index (χ2n) is 6.56. The third-order valence-corrected chi connectivity index (χ3v) is 4.54. The molecule has 1 aromatic carbocycles. The van der Waals surface area contributed by atoms with Crippen LogP contribution in [0.1, 0.15) is 45.1 Å². The summed E-state index contributed by atoms with van der Waals surface area (Å²) in [6.45, 7) is 5.20. The van der Waals surface area contributed by atoms with Crippen molar-refractivity contribution in [2.24, 2.45) is 5.92 Å². The highest BCUT2D eigenvalue weighted by molar-refractivity contribution is 5.80. The number of nitrogens with zero attached hydrogens (tertiary/aromatic N) is 3. The van der Waals surface area contributed by atoms with Crippen LogP contribution in [0.15, 0.2) is 18.2 Å². The molecule has 1 aliphatic heterocycles. The monoisotopic (exact) mass is 344 g/mol. The molecule has 1 amide bonds. The first-order valence-corrected chi connectivity index (χ1v) is 8.70. The molecule has 2 rings (SSSR count). The summed E-state index contributed by atoms with van der Waals surface area (Å²) in [5.41, 5.74) is 0.651. The van der Waals surface area contributed by atoms with Crippen molar-refractivity contribution in [3.63, 3.8) is 0 Å². The number of carbonyl (C=O) groups is 1. The SMILES string of the molecule is CCCC(C)NC(=O)C1CCCN(c2ccc(C#N)cc2[N+](=O)[O-])C1. The Kier molecular flexibility index (Phi) is 6.34. The van der Waals surface area contributed by atoms with E-state index in [0.717, 1.165) is 25.7 Å². The van der Waals surface area contributed by atoms with E-state index in [4.69, 9.17) is 5.26 Å². The van der Waals surface area contributed by atoms with Gasteiger partial charge in [-0.2, -0.15) is 5.26 Å². The number of piperidine rings is 1. The van der Waals surface area contributed by atoms with Gasteiger partial charge in [-0.3, -0.25) is 14.9 Å². The van der Waals surface area contributed by atoms with E-state index in [9.17, 15) is 14.9 Å². The summed E-state index contributed by atoms with van der Waals surface area (Å²) in [5.74, 6) is -0.162. The molecule has 1 heterocycles. The van der Waals surface area contributed by atoms with Crippen molar-refractivity contribution in [3.05, 3.63) is 33.9 Å². The van der Waals surface area contributed by atoms with Gasteiger partial charge in [0.25, 0.3) is 5.69 Å². The van der Waals surface area contributed by atoms with Gasteiger partial charge in [-0.05, 0) is 38.3 Å². The molecule has 0 spiro atoms. The number of hydrogen-bond acceptors (Lipinski definition) is 5. The van der Waals surface area contributed by atoms with Crippen molar-refractivity contribution in [3.8, 4) is 6.07 Å². The normalized spacial score (nSPS) is 18.3. The van der Waals surface area contributed by atoms with Gasteiger partial charge in [-0.1, -0.05) is 13.3 Å². The molecule has 0 bridgehead atoms. The summed E-state index contributed by atoms with van der Waals surface area (Å²) in [5, 5.41) is 23.3. The number of rotatable bonds is 6. The van der Waals surface area contributed by atoms with Gasteiger partial charge in [-0.15, -0.1) is 0 Å². The van der Waals surface area contributed by atoms with Crippen molar-refractivity contribution >= 4 is 17.3 Å². The number of nitrogens with one attached hydrogen (secondary N) is 1. The Bertz CT molecular complexity index is 683. The topological polar surface area (TPSA) is 99.3 Å². The predicted molar refractivity (Wildman–Crippen MR) is 95.3 cm³/mol. The van der Waals surface area contributed by atoms with Gasteiger partial charge in [0, 0.05) is 25.2 Å². The maximum Gasteiger partial charge on any atom is 0.293 e. The Labute approximate surface area is 147 Å². The summed E-state index contributed by atoms with van der Waals surface area (Å²) < 4.78 is 0. The zero-order valence-electron chi connectivity index (χ0n) is 14.7. The highest BCUT2D eigenvalue weighted by Gasteiger charge is 2.29. The van der Waals surface area contributed by atoms with Crippen LogP contribution in [0.25, 0.3) is 0 Å². The molecule has 0 saturated carbocycles. The molecule has 1 fully saturated rings. The zero-order chi connectivity index (χ0) is 18.4. The lowest BCUT2D eigenvalue weighted by Crippen LogP contribution is -2.45. The van der Waals surface area contributed by atoms with Gasteiger partial charge in [0.2, 0.25) is 5.91 Å². The van der Waals surface area contributed by atoms with Crippen LogP contribution in [0.3, 0.4) is 0 Å². The number of hydrogen-bond donors (Lipinski definition) is 1. The second kappa shape index (κ2) is 8.47. The first-order chi connectivity index (χ1) is 12.0. The van der Waals surface area contributed by atoms with E-state index in [2.05, 4.69) is 12.2 Å². The van der Waals surface area contributed by atoms with Crippen molar-refractivity contribution < 1.29 is 9.72 Å². The number of anilines is 1. The fourth-order valence-electron chi connectivity index (χ4n) is 3.28. The lowest BCUT2D eigenvalue weighted by molar-refractivity contribution is -0.384. The second-order valence-corrected chi connectivity index (χ2v) is 6.56. The molecule has 1 aliphatic rings. The van der Waals surface area contributed by atoms with Crippen molar-refractivity contribution in [2.75, 3.05) is 18.0 Å². The number of nitriles is 1. The molecule has 7 nitrogen and oxygen atoms in total. The predicted octanol–water partition coefficient (Wildman–Crippen LogP) is 2.99. The van der Waals surface area contributed by atoms with Crippen LogP contribution < -0.4 is 10.2 Å². The fraction of sp³-hybridized carbons (Fsp3) is 0.556. The first-order valence-electron chi connectivity index (χ1n) is 8.70. The minimum absolute atomic E-state index is 0.0157. The number of nitro benzene ring substituents is 1. The average Bonchev–Trinajstić information content (AvgIpc) is 2.61. The highest BCUT2D eigenvalue weighted by atomic mass is 16.6. The van der Waals surface area contributed by atoms with E-state index in [-0.39, 0.29) is 29.1 Å². The largest absolute Gasteiger partial charge is 0.365 e. The van der Waals surface area contributed by atoms with Gasteiger partial charge in [-0.25, -0.2) is 0 Å². The molecule has 25 heavy (non-hydrogen) atoms. The first kappa shape index (κ1) is 18.7. The molecule has 1 saturated heterocycles. The molecule has 7 heteroatoms. The molecule has 134 valence electrons. The molecular formula is C18H24N4O3. The van der Waals surface area contributed by atoms with Gasteiger partial charge in [0.05, 0.1) is 22.5 Å². The molecule has 0 aliphatic carbocycles. The van der Waals surface area contributed by atoms with Gasteiger partial charge in [0.1, 0.15) is 5.69 Å². The standard InChI is InChI=1S/C18H24N4O3/c1-3-5-13(2)20-18(23)15-6-4-9-21(12-15)16-8-7-14(11-19)10-17(16)22(24)25/h7-8,10,13,15H,3-6,9,12H2,1-2H3,(H,20,23). The molecular weight excluding hydrogens is 320 g/mol. The zero-order valence-corrected chi connectivity index (χ0v) is 14.7. The third kappa shape index (κ3) is 4.69. The van der Waals surface area contributed by atoms with Crippen LogP contribution in [-0.4, -0.2) is 30.0 Å². The van der Waals surface area contributed by atoms with Crippen molar-refractivity contribution in [2.45, 2.75) is 45.6 Å². The van der Waals surface area contributed by atoms with Gasteiger partial charge >= 0.3 is 0 Å². The van der Waals surface area contributed by atoms with Gasteiger partial charge < -0.3 is 10.2 Å². The van der Waals surface area contributed by atoms with Crippen LogP contribution in [0, 0.1) is 27.4 Å². The Hall–Kier alpha value is -2.62. The van der Waals surface area contributed by atoms with Crippen molar-refractivity contribution in [1.29, 1.82) is 5.26 Å². The third-order valence-electron chi connectivity index (χ3n) is 4.54. The molecule has 1 aromatic rings.